The monoisotopic (exact) mass is 304 g/mol. The molecule has 0 fully saturated rings. The van der Waals surface area contributed by atoms with Crippen molar-refractivity contribution in [3.63, 3.8) is 0 Å². The molecule has 0 radical (unpaired) electrons. The molecule has 0 spiro atoms. The molecule has 5 heteroatoms. The van der Waals surface area contributed by atoms with Gasteiger partial charge < -0.3 is 11.1 Å². The summed E-state index contributed by atoms with van der Waals surface area (Å²) in [6.45, 7) is 2.04. The molecular weight excluding hydrogens is 284 g/mol. The molecule has 0 aliphatic heterocycles. The third-order valence-electron chi connectivity index (χ3n) is 3.25. The molecule has 0 aliphatic carbocycles. The van der Waals surface area contributed by atoms with E-state index in [0.717, 1.165) is 12.7 Å². The van der Waals surface area contributed by atoms with Crippen LogP contribution in [0.15, 0.2) is 53.4 Å². The maximum absolute atomic E-state index is 11.7. The first-order valence-corrected chi connectivity index (χ1v) is 8.66. The molecule has 0 aromatic heterocycles. The van der Waals surface area contributed by atoms with Crippen molar-refractivity contribution in [2.45, 2.75) is 24.3 Å². The number of rotatable bonds is 5. The van der Waals surface area contributed by atoms with Gasteiger partial charge >= 0.3 is 0 Å². The molecule has 1 unspecified atom stereocenters. The van der Waals surface area contributed by atoms with Crippen LogP contribution >= 0.6 is 0 Å². The number of anilines is 2. The van der Waals surface area contributed by atoms with Gasteiger partial charge in [-0.05, 0) is 31.0 Å². The number of benzene rings is 2. The molecule has 2 aromatic rings. The Hall–Kier alpha value is -2.01. The van der Waals surface area contributed by atoms with Gasteiger partial charge in [0.05, 0.1) is 16.3 Å². The fourth-order valence-electron chi connectivity index (χ4n) is 2.28. The molecule has 112 valence electrons. The molecule has 21 heavy (non-hydrogen) atoms. The minimum absolute atomic E-state index is 0.143. The van der Waals surface area contributed by atoms with Gasteiger partial charge in [-0.1, -0.05) is 36.4 Å². The van der Waals surface area contributed by atoms with Gasteiger partial charge in [-0.3, -0.25) is 0 Å². The zero-order valence-corrected chi connectivity index (χ0v) is 13.0. The standard InChI is InChI=1S/C16H20N2O2S/c1-12(11-13-7-4-3-5-8-13)18-14-9-6-10-15(16(14)17)21(2,19)20/h3-10,12,18H,11,17H2,1-2H3. The SMILES string of the molecule is CC(Cc1ccccc1)Nc1cccc(S(C)(=O)=O)c1N. The van der Waals surface area contributed by atoms with Crippen molar-refractivity contribution in [3.05, 3.63) is 54.1 Å². The first-order chi connectivity index (χ1) is 9.88. The topological polar surface area (TPSA) is 72.2 Å². The molecule has 4 nitrogen and oxygen atoms in total. The molecule has 1 atom stereocenters. The summed E-state index contributed by atoms with van der Waals surface area (Å²) in [5, 5.41) is 3.28. The Labute approximate surface area is 125 Å². The average Bonchev–Trinajstić information content (AvgIpc) is 2.41. The largest absolute Gasteiger partial charge is 0.396 e. The van der Waals surface area contributed by atoms with Gasteiger partial charge in [0.15, 0.2) is 9.84 Å². The predicted molar refractivity (Wildman–Crippen MR) is 87.2 cm³/mol. The van der Waals surface area contributed by atoms with E-state index >= 15 is 0 Å². The summed E-state index contributed by atoms with van der Waals surface area (Å²) in [7, 11) is -3.32. The average molecular weight is 304 g/mol. The lowest BCUT2D eigenvalue weighted by molar-refractivity contribution is 0.602. The van der Waals surface area contributed by atoms with Crippen LogP contribution in [0.5, 0.6) is 0 Å². The van der Waals surface area contributed by atoms with Crippen molar-refractivity contribution in [2.24, 2.45) is 0 Å². The fraction of sp³-hybridized carbons (Fsp3) is 0.250. The highest BCUT2D eigenvalue weighted by Crippen LogP contribution is 2.27. The van der Waals surface area contributed by atoms with Gasteiger partial charge in [0.2, 0.25) is 0 Å². The predicted octanol–water partition coefficient (Wildman–Crippen LogP) is 2.72. The summed E-state index contributed by atoms with van der Waals surface area (Å²) in [4.78, 5) is 0.166. The Morgan fingerprint density at radius 3 is 2.38 bits per heavy atom. The van der Waals surface area contributed by atoms with Crippen LogP contribution in [-0.4, -0.2) is 20.7 Å². The van der Waals surface area contributed by atoms with E-state index in [-0.39, 0.29) is 16.6 Å². The van der Waals surface area contributed by atoms with Crippen LogP contribution in [0.2, 0.25) is 0 Å². The van der Waals surface area contributed by atoms with E-state index in [4.69, 9.17) is 5.73 Å². The van der Waals surface area contributed by atoms with Crippen molar-refractivity contribution < 1.29 is 8.42 Å². The Morgan fingerprint density at radius 1 is 1.10 bits per heavy atom. The van der Waals surface area contributed by atoms with Crippen LogP contribution in [-0.2, 0) is 16.3 Å². The molecule has 0 aliphatic rings. The minimum Gasteiger partial charge on any atom is -0.396 e. The van der Waals surface area contributed by atoms with E-state index in [2.05, 4.69) is 17.4 Å². The smallest absolute Gasteiger partial charge is 0.177 e. The Bertz CT molecular complexity index is 712. The van der Waals surface area contributed by atoms with Crippen molar-refractivity contribution in [1.82, 2.24) is 0 Å². The van der Waals surface area contributed by atoms with Gasteiger partial charge in [-0.2, -0.15) is 0 Å². The van der Waals surface area contributed by atoms with Gasteiger partial charge in [0.1, 0.15) is 0 Å². The molecule has 3 N–H and O–H groups in total. The Kier molecular flexibility index (Phi) is 4.53. The van der Waals surface area contributed by atoms with Gasteiger partial charge in [-0.15, -0.1) is 0 Å². The van der Waals surface area contributed by atoms with Crippen molar-refractivity contribution >= 4 is 21.2 Å². The highest BCUT2D eigenvalue weighted by molar-refractivity contribution is 7.90. The van der Waals surface area contributed by atoms with E-state index in [1.165, 1.54) is 11.6 Å². The van der Waals surface area contributed by atoms with Crippen molar-refractivity contribution in [1.29, 1.82) is 0 Å². The summed E-state index contributed by atoms with van der Waals surface area (Å²) < 4.78 is 23.3. The highest BCUT2D eigenvalue weighted by atomic mass is 32.2. The molecule has 0 heterocycles. The first kappa shape index (κ1) is 15.4. The lowest BCUT2D eigenvalue weighted by atomic mass is 10.1. The summed E-state index contributed by atoms with van der Waals surface area (Å²) in [5.41, 5.74) is 8.12. The first-order valence-electron chi connectivity index (χ1n) is 6.77. The number of hydrogen-bond acceptors (Lipinski definition) is 4. The fourth-order valence-corrected chi connectivity index (χ4v) is 3.11. The highest BCUT2D eigenvalue weighted by Gasteiger charge is 2.15. The van der Waals surface area contributed by atoms with Gasteiger partial charge in [0, 0.05) is 12.3 Å². The zero-order valence-electron chi connectivity index (χ0n) is 12.2. The van der Waals surface area contributed by atoms with Crippen LogP contribution < -0.4 is 11.1 Å². The Balaban J connectivity index is 2.17. The third kappa shape index (κ3) is 3.98. The lowest BCUT2D eigenvalue weighted by Gasteiger charge is -2.18. The summed E-state index contributed by atoms with van der Waals surface area (Å²) in [6.07, 6.45) is 2.00. The maximum Gasteiger partial charge on any atom is 0.177 e. The van der Waals surface area contributed by atoms with Crippen molar-refractivity contribution in [2.75, 3.05) is 17.3 Å². The van der Waals surface area contributed by atoms with E-state index in [1.807, 2.05) is 25.1 Å². The van der Waals surface area contributed by atoms with E-state index in [0.29, 0.717) is 5.69 Å². The third-order valence-corrected chi connectivity index (χ3v) is 4.41. The van der Waals surface area contributed by atoms with Gasteiger partial charge in [-0.25, -0.2) is 8.42 Å². The maximum atomic E-state index is 11.7. The van der Waals surface area contributed by atoms with Crippen LogP contribution in [0.3, 0.4) is 0 Å². The summed E-state index contributed by atoms with van der Waals surface area (Å²) in [5.74, 6) is 0. The molecule has 0 amide bonds. The molecule has 0 bridgehead atoms. The summed E-state index contributed by atoms with van der Waals surface area (Å²) >= 11 is 0. The van der Waals surface area contributed by atoms with Crippen LogP contribution in [0.1, 0.15) is 12.5 Å². The molecular formula is C16H20N2O2S. The number of nitrogen functional groups attached to an aromatic ring is 1. The number of para-hydroxylation sites is 1. The van der Waals surface area contributed by atoms with E-state index < -0.39 is 9.84 Å². The number of sulfone groups is 1. The van der Waals surface area contributed by atoms with Crippen LogP contribution in [0, 0.1) is 0 Å². The quantitative estimate of drug-likeness (QED) is 0.833. The number of nitrogens with two attached hydrogens (primary N) is 1. The zero-order chi connectivity index (χ0) is 15.5. The van der Waals surface area contributed by atoms with Crippen molar-refractivity contribution in [3.8, 4) is 0 Å². The molecule has 2 rings (SSSR count). The second kappa shape index (κ2) is 6.18. The lowest BCUT2D eigenvalue weighted by Crippen LogP contribution is -2.19. The normalized spacial score (nSPS) is 12.9. The molecule has 2 aromatic carbocycles. The van der Waals surface area contributed by atoms with Crippen LogP contribution in [0.4, 0.5) is 11.4 Å². The molecule has 0 saturated carbocycles. The second-order valence-corrected chi connectivity index (χ2v) is 7.21. The Morgan fingerprint density at radius 2 is 1.76 bits per heavy atom. The number of hydrogen-bond donors (Lipinski definition) is 2. The minimum atomic E-state index is -3.32. The number of nitrogens with one attached hydrogen (secondary N) is 1. The van der Waals surface area contributed by atoms with Gasteiger partial charge in [0.25, 0.3) is 0 Å². The van der Waals surface area contributed by atoms with E-state index in [9.17, 15) is 8.42 Å². The van der Waals surface area contributed by atoms with E-state index in [1.54, 1.807) is 12.1 Å². The second-order valence-electron chi connectivity index (χ2n) is 5.22. The summed E-state index contributed by atoms with van der Waals surface area (Å²) in [6, 6.07) is 15.3. The van der Waals surface area contributed by atoms with Crippen LogP contribution in [0.25, 0.3) is 0 Å². The molecule has 0 saturated heterocycles.